The van der Waals surface area contributed by atoms with E-state index in [1.807, 2.05) is 0 Å². The van der Waals surface area contributed by atoms with Crippen molar-refractivity contribution in [2.75, 3.05) is 4.90 Å². The van der Waals surface area contributed by atoms with Gasteiger partial charge in [0.15, 0.2) is 0 Å². The van der Waals surface area contributed by atoms with Crippen molar-refractivity contribution in [2.24, 2.45) is 0 Å². The summed E-state index contributed by atoms with van der Waals surface area (Å²) in [4.78, 5) is 2.54. The van der Waals surface area contributed by atoms with Crippen molar-refractivity contribution < 1.29 is 4.42 Å². The molecule has 0 atom stereocenters. The van der Waals surface area contributed by atoms with E-state index in [0.29, 0.717) is 0 Å². The highest BCUT2D eigenvalue weighted by Gasteiger charge is 2.52. The van der Waals surface area contributed by atoms with Crippen LogP contribution in [0, 0.1) is 0 Å². The lowest BCUT2D eigenvalue weighted by atomic mass is 9.70. The van der Waals surface area contributed by atoms with Crippen LogP contribution in [0.5, 0.6) is 0 Å². The monoisotopic (exact) mass is 849 g/mol. The largest absolute Gasteiger partial charge is 0.456 e. The molecule has 310 valence electrons. The first kappa shape index (κ1) is 36.6. The minimum Gasteiger partial charge on any atom is -0.456 e. The van der Waals surface area contributed by atoms with Crippen molar-refractivity contribution in [3.63, 3.8) is 0 Å². The van der Waals surface area contributed by atoms with Gasteiger partial charge in [0.05, 0.1) is 22.5 Å². The molecule has 2 aliphatic carbocycles. The summed E-state index contributed by atoms with van der Waals surface area (Å²) in [6.07, 6.45) is 0. The minimum absolute atomic E-state index is 0.485. The second-order valence-corrected chi connectivity index (χ2v) is 18.2. The lowest BCUT2D eigenvalue weighted by Crippen LogP contribution is -2.26. The maximum atomic E-state index is 7.18. The number of fused-ring (bicyclic) bond motifs is 21. The standard InChI is InChI=1S/C65H39NO/c1-2-19-40(20-3-1)41-21-13-17-35-58(41)66(59-36-18-34-57-64(59)50-30-12-16-33-56(50)65(57)54-31-14-10-26-46(54)47-27-11-15-32-55(47)65)60-39-62-63(49-29-9-8-28-48(49)60)53-37-51-44-24-6-4-22-42(44)43-23-5-7-25-45(43)52(51)38-61(53)67-62/h1-39H. The molecule has 2 heteroatoms. The highest BCUT2D eigenvalue weighted by Crippen LogP contribution is 2.65. The maximum Gasteiger partial charge on any atom is 0.138 e. The van der Waals surface area contributed by atoms with Gasteiger partial charge in [-0.15, -0.1) is 0 Å². The molecule has 1 spiro atoms. The van der Waals surface area contributed by atoms with E-state index in [-0.39, 0.29) is 0 Å². The van der Waals surface area contributed by atoms with Gasteiger partial charge < -0.3 is 9.32 Å². The predicted octanol–water partition coefficient (Wildman–Crippen LogP) is 17.7. The number of hydrogen-bond donors (Lipinski definition) is 0. The van der Waals surface area contributed by atoms with Crippen molar-refractivity contribution in [2.45, 2.75) is 5.41 Å². The van der Waals surface area contributed by atoms with Gasteiger partial charge in [0.25, 0.3) is 0 Å². The van der Waals surface area contributed by atoms with Crippen LogP contribution in [-0.4, -0.2) is 0 Å². The smallest absolute Gasteiger partial charge is 0.138 e. The molecule has 2 nitrogen and oxygen atoms in total. The van der Waals surface area contributed by atoms with Gasteiger partial charge in [0, 0.05) is 33.4 Å². The van der Waals surface area contributed by atoms with E-state index in [0.717, 1.165) is 60.9 Å². The average Bonchev–Trinajstić information content (AvgIpc) is 4.03. The van der Waals surface area contributed by atoms with Crippen LogP contribution < -0.4 is 4.90 Å². The third-order valence-electron chi connectivity index (χ3n) is 15.0. The molecule has 12 aromatic carbocycles. The van der Waals surface area contributed by atoms with E-state index in [4.69, 9.17) is 4.42 Å². The van der Waals surface area contributed by atoms with Crippen LogP contribution in [0.2, 0.25) is 0 Å². The molecule has 0 radical (unpaired) electrons. The summed E-state index contributed by atoms with van der Waals surface area (Å²) in [6, 6.07) is 87.5. The van der Waals surface area contributed by atoms with Gasteiger partial charge in [0.1, 0.15) is 11.2 Å². The Morgan fingerprint density at radius 1 is 0.284 bits per heavy atom. The van der Waals surface area contributed by atoms with Gasteiger partial charge in [0.2, 0.25) is 0 Å². The molecule has 0 saturated carbocycles. The maximum absolute atomic E-state index is 7.18. The van der Waals surface area contributed by atoms with E-state index in [9.17, 15) is 0 Å². The molecule has 1 aromatic heterocycles. The Morgan fingerprint density at radius 3 is 1.43 bits per heavy atom. The molecule has 0 N–H and O–H groups in total. The number of hydrogen-bond acceptors (Lipinski definition) is 2. The van der Waals surface area contributed by atoms with Crippen molar-refractivity contribution in [1.82, 2.24) is 0 Å². The summed E-state index contributed by atoms with van der Waals surface area (Å²) in [5.74, 6) is 0. The van der Waals surface area contributed by atoms with Gasteiger partial charge in [-0.25, -0.2) is 0 Å². The van der Waals surface area contributed by atoms with E-state index in [1.165, 1.54) is 76.8 Å². The fourth-order valence-corrected chi connectivity index (χ4v) is 12.4. The number of anilines is 3. The van der Waals surface area contributed by atoms with Crippen LogP contribution in [0.4, 0.5) is 17.1 Å². The first-order valence-corrected chi connectivity index (χ1v) is 23.3. The lowest BCUT2D eigenvalue weighted by Gasteiger charge is -2.33. The number of nitrogens with zero attached hydrogens (tertiary/aromatic N) is 1. The Labute approximate surface area is 387 Å². The van der Waals surface area contributed by atoms with Crippen LogP contribution in [0.25, 0.3) is 98.4 Å². The lowest BCUT2D eigenvalue weighted by molar-refractivity contribution is 0.670. The van der Waals surface area contributed by atoms with E-state index < -0.39 is 5.41 Å². The van der Waals surface area contributed by atoms with Crippen LogP contribution in [0.15, 0.2) is 241 Å². The molecule has 1 heterocycles. The molecule has 15 rings (SSSR count). The molecule has 0 aliphatic heterocycles. The van der Waals surface area contributed by atoms with Crippen LogP contribution >= 0.6 is 0 Å². The molecular formula is C65H39NO. The second kappa shape index (κ2) is 13.7. The van der Waals surface area contributed by atoms with Gasteiger partial charge in [-0.1, -0.05) is 206 Å². The zero-order valence-electron chi connectivity index (χ0n) is 36.4. The summed E-state index contributed by atoms with van der Waals surface area (Å²) < 4.78 is 7.18. The zero-order valence-corrected chi connectivity index (χ0v) is 36.4. The van der Waals surface area contributed by atoms with Crippen molar-refractivity contribution in [1.29, 1.82) is 0 Å². The van der Waals surface area contributed by atoms with Crippen LogP contribution in [0.3, 0.4) is 0 Å². The third-order valence-corrected chi connectivity index (χ3v) is 15.0. The molecule has 13 aromatic rings. The number of furan rings is 1. The molecule has 67 heavy (non-hydrogen) atoms. The summed E-state index contributed by atoms with van der Waals surface area (Å²) in [5, 5.41) is 12.0. The number of benzene rings is 12. The molecule has 0 saturated heterocycles. The quantitative estimate of drug-likeness (QED) is 0.164. The average molecular weight is 850 g/mol. The summed E-state index contributed by atoms with van der Waals surface area (Å²) >= 11 is 0. The molecule has 0 bridgehead atoms. The predicted molar refractivity (Wildman–Crippen MR) is 280 cm³/mol. The van der Waals surface area contributed by atoms with Crippen LogP contribution in [0.1, 0.15) is 22.3 Å². The summed E-state index contributed by atoms with van der Waals surface area (Å²) in [7, 11) is 0. The van der Waals surface area contributed by atoms with Crippen molar-refractivity contribution >= 4 is 82.1 Å². The Bertz CT molecular complexity index is 4190. The molecule has 0 amide bonds. The first-order valence-electron chi connectivity index (χ1n) is 23.3. The van der Waals surface area contributed by atoms with E-state index in [2.05, 4.69) is 241 Å². The number of rotatable bonds is 4. The van der Waals surface area contributed by atoms with Gasteiger partial charge >= 0.3 is 0 Å². The Hall–Kier alpha value is -8.72. The third kappa shape index (κ3) is 4.83. The minimum atomic E-state index is -0.485. The normalized spacial score (nSPS) is 13.2. The highest BCUT2D eigenvalue weighted by atomic mass is 16.3. The van der Waals surface area contributed by atoms with Gasteiger partial charge in [-0.05, 0) is 106 Å². The van der Waals surface area contributed by atoms with Crippen molar-refractivity contribution in [3.8, 4) is 33.4 Å². The Balaban J connectivity index is 1.07. The fraction of sp³-hybridized carbons (Fsp3) is 0.0154. The van der Waals surface area contributed by atoms with Gasteiger partial charge in [-0.2, -0.15) is 0 Å². The molecular weight excluding hydrogens is 811 g/mol. The van der Waals surface area contributed by atoms with Crippen molar-refractivity contribution in [3.05, 3.63) is 259 Å². The molecule has 0 unspecified atom stereocenters. The molecule has 0 fully saturated rings. The highest BCUT2D eigenvalue weighted by molar-refractivity contribution is 6.30. The van der Waals surface area contributed by atoms with Crippen LogP contribution in [-0.2, 0) is 5.41 Å². The topological polar surface area (TPSA) is 16.4 Å². The summed E-state index contributed by atoms with van der Waals surface area (Å²) in [6.45, 7) is 0. The summed E-state index contributed by atoms with van der Waals surface area (Å²) in [5.41, 5.74) is 17.2. The molecule has 2 aliphatic rings. The van der Waals surface area contributed by atoms with E-state index >= 15 is 0 Å². The zero-order chi connectivity index (χ0) is 43.8. The van der Waals surface area contributed by atoms with E-state index in [1.54, 1.807) is 0 Å². The number of para-hydroxylation sites is 1. The fourth-order valence-electron chi connectivity index (χ4n) is 12.4. The second-order valence-electron chi connectivity index (χ2n) is 18.2. The van der Waals surface area contributed by atoms with Gasteiger partial charge in [-0.3, -0.25) is 0 Å². The Kier molecular flexibility index (Phi) is 7.46. The Morgan fingerprint density at radius 2 is 0.761 bits per heavy atom. The SMILES string of the molecule is c1ccc(-c2ccccc2N(c2cccc3c2-c2ccccc2C32c3ccccc3-c3ccccc32)c2cc3oc4cc5c6ccccc6c6ccccc6c5cc4c3c3ccccc23)cc1. The first-order chi connectivity index (χ1) is 33.3.